The van der Waals surface area contributed by atoms with E-state index in [2.05, 4.69) is 9.89 Å². The molecule has 1 atom stereocenters. The first-order chi connectivity index (χ1) is 15.8. The molecule has 2 aromatic carbocycles. The lowest BCUT2D eigenvalue weighted by Crippen LogP contribution is -2.40. The zero-order valence-corrected chi connectivity index (χ0v) is 18.9. The maximum Gasteiger partial charge on any atom is 0.122 e. The van der Waals surface area contributed by atoms with Crippen molar-refractivity contribution in [2.75, 3.05) is 19.7 Å². The molecular weight excluding hydrogens is 412 g/mol. The average molecular weight is 441 g/mol. The summed E-state index contributed by atoms with van der Waals surface area (Å²) in [6.45, 7) is 3.23. The van der Waals surface area contributed by atoms with E-state index in [1.807, 2.05) is 54.6 Å². The molecule has 0 fully saturated rings. The van der Waals surface area contributed by atoms with Gasteiger partial charge < -0.3 is 20.7 Å². The zero-order valence-electron chi connectivity index (χ0n) is 18.9. The van der Waals surface area contributed by atoms with Crippen molar-refractivity contribution >= 4 is 33.2 Å². The molecule has 0 bridgehead atoms. The van der Waals surface area contributed by atoms with Crippen LogP contribution in [0.4, 0.5) is 5.69 Å². The molecule has 0 aromatic heterocycles. The third kappa shape index (κ3) is 6.84. The third-order valence-corrected chi connectivity index (χ3v) is 5.58. The van der Waals surface area contributed by atoms with Crippen molar-refractivity contribution in [2.45, 2.75) is 31.4 Å². The lowest BCUT2D eigenvalue weighted by atomic mass is 9.82. The fraction of sp³-hybridized carbons (Fsp3) is 0.320. The van der Waals surface area contributed by atoms with Gasteiger partial charge in [0.1, 0.15) is 27.0 Å². The minimum absolute atomic E-state index is 0.323. The fourth-order valence-corrected chi connectivity index (χ4v) is 3.67. The summed E-state index contributed by atoms with van der Waals surface area (Å²) in [6.07, 6.45) is 5.97. The predicted molar refractivity (Wildman–Crippen MR) is 135 cm³/mol. The Morgan fingerprint density at radius 3 is 2.70 bits per heavy atom. The Hall–Kier alpha value is -2.80. The summed E-state index contributed by atoms with van der Waals surface area (Å²) < 4.78 is 5.71. The minimum Gasteiger partial charge on any atom is -0.510 e. The summed E-state index contributed by atoms with van der Waals surface area (Å²) in [6, 6.07) is 15.3. The number of allylic oxidation sites excluding steroid dienone is 1. The van der Waals surface area contributed by atoms with Gasteiger partial charge in [-0.3, -0.25) is 9.89 Å². The van der Waals surface area contributed by atoms with Crippen LogP contribution in [-0.2, 0) is 6.54 Å². The molecule has 1 aliphatic rings. The van der Waals surface area contributed by atoms with E-state index in [9.17, 15) is 10.2 Å². The van der Waals surface area contributed by atoms with E-state index >= 15 is 0 Å². The van der Waals surface area contributed by atoms with Crippen LogP contribution in [0.15, 0.2) is 71.4 Å². The largest absolute Gasteiger partial charge is 0.510 e. The summed E-state index contributed by atoms with van der Waals surface area (Å²) in [5.74, 6) is -0.422. The van der Waals surface area contributed by atoms with Crippen LogP contribution in [0.25, 0.3) is 5.57 Å². The number of aliphatic hydroxyl groups excluding tert-OH is 1. The number of para-hydroxylation sites is 1. The number of hydrogen-bond acceptors (Lipinski definition) is 6. The van der Waals surface area contributed by atoms with E-state index in [0.717, 1.165) is 40.9 Å². The zero-order chi connectivity index (χ0) is 23.8. The normalized spacial score (nSPS) is 17.2. The molecule has 0 amide bonds. The summed E-state index contributed by atoms with van der Waals surface area (Å²) >= 11 is 0. The number of nitrogens with two attached hydrogens (primary N) is 1. The molecule has 3 rings (SSSR count). The first kappa shape index (κ1) is 24.8. The number of rotatable bonds is 9. The quantitative estimate of drug-likeness (QED) is 0.316. The molecule has 6 nitrogen and oxygen atoms in total. The number of benzene rings is 2. The maximum atomic E-state index is 10.4. The van der Waals surface area contributed by atoms with Crippen molar-refractivity contribution in [3.63, 3.8) is 0 Å². The van der Waals surface area contributed by atoms with Gasteiger partial charge in [-0.2, -0.15) is 0 Å². The Balaban J connectivity index is 1.82. The van der Waals surface area contributed by atoms with Crippen molar-refractivity contribution in [1.29, 1.82) is 0 Å². The maximum absolute atomic E-state index is 10.4. The smallest absolute Gasteiger partial charge is 0.122 e. The molecule has 0 aliphatic carbocycles. The molecule has 33 heavy (non-hydrogen) atoms. The third-order valence-electron chi connectivity index (χ3n) is 5.58. The van der Waals surface area contributed by atoms with E-state index in [1.165, 1.54) is 6.20 Å². The van der Waals surface area contributed by atoms with Crippen LogP contribution in [0.1, 0.15) is 24.5 Å². The van der Waals surface area contributed by atoms with Gasteiger partial charge in [0.2, 0.25) is 0 Å². The van der Waals surface area contributed by atoms with Gasteiger partial charge >= 0.3 is 0 Å². The van der Waals surface area contributed by atoms with Gasteiger partial charge in [-0.25, -0.2) is 0 Å². The van der Waals surface area contributed by atoms with Crippen LogP contribution in [0.2, 0.25) is 0 Å². The van der Waals surface area contributed by atoms with E-state index in [1.54, 1.807) is 13.1 Å². The molecule has 168 valence electrons. The van der Waals surface area contributed by atoms with Crippen LogP contribution in [-0.4, -0.2) is 68.2 Å². The molecular formula is C25H29B2N3O3. The highest BCUT2D eigenvalue weighted by Gasteiger charge is 2.28. The molecule has 4 N–H and O–H groups in total. The number of nitrogens with zero attached hydrogens (tertiary/aromatic N) is 2. The Bertz CT molecular complexity index is 1020. The molecule has 0 spiro atoms. The van der Waals surface area contributed by atoms with Gasteiger partial charge in [-0.05, 0) is 42.7 Å². The standard InChI is InChI=1S/C25H29B2N3O3/c1-25(32,17-31)21-6-5-11-30(16-21)15-19-10-9-18(12-23(19)33-24(26)27)20(13-28)14-29-22-7-3-2-4-8-22/h2-4,6-10,12-14,24,31-32H,5,11,15-17,28H2,1H3/b20-13+,29-14?/t25-/m1/s1. The fourth-order valence-electron chi connectivity index (χ4n) is 3.67. The second-order valence-corrected chi connectivity index (χ2v) is 8.28. The summed E-state index contributed by atoms with van der Waals surface area (Å²) in [7, 11) is 11.4. The molecule has 0 saturated heterocycles. The lowest BCUT2D eigenvalue weighted by Gasteiger charge is -2.34. The summed E-state index contributed by atoms with van der Waals surface area (Å²) in [5, 5.41) is 19.9. The molecule has 1 aliphatic heterocycles. The van der Waals surface area contributed by atoms with Crippen molar-refractivity contribution in [2.24, 2.45) is 10.7 Å². The first-order valence-corrected chi connectivity index (χ1v) is 10.9. The highest BCUT2D eigenvalue weighted by molar-refractivity contribution is 6.34. The molecule has 1 heterocycles. The predicted octanol–water partition coefficient (Wildman–Crippen LogP) is 2.26. The Morgan fingerprint density at radius 1 is 1.27 bits per heavy atom. The topological polar surface area (TPSA) is 91.3 Å². The van der Waals surface area contributed by atoms with Crippen LogP contribution in [0.3, 0.4) is 0 Å². The van der Waals surface area contributed by atoms with Gasteiger partial charge in [0.25, 0.3) is 0 Å². The van der Waals surface area contributed by atoms with E-state index in [-0.39, 0.29) is 6.61 Å². The monoisotopic (exact) mass is 441 g/mol. The Labute approximate surface area is 198 Å². The molecule has 0 unspecified atom stereocenters. The van der Waals surface area contributed by atoms with Crippen molar-refractivity contribution in [1.82, 2.24) is 4.90 Å². The second kappa shape index (κ2) is 11.4. The van der Waals surface area contributed by atoms with Gasteiger partial charge in [0, 0.05) is 49.1 Å². The molecule has 2 aromatic rings. The van der Waals surface area contributed by atoms with Gasteiger partial charge in [-0.1, -0.05) is 36.4 Å². The second-order valence-electron chi connectivity index (χ2n) is 8.28. The molecule has 4 radical (unpaired) electrons. The minimum atomic E-state index is -1.24. The van der Waals surface area contributed by atoms with Crippen molar-refractivity contribution < 1.29 is 14.9 Å². The number of ether oxygens (including phenoxy) is 1. The number of aliphatic hydroxyl groups is 2. The van der Waals surface area contributed by atoms with Gasteiger partial charge in [-0.15, -0.1) is 0 Å². The summed E-state index contributed by atoms with van der Waals surface area (Å²) in [5.41, 5.74) is 8.71. The van der Waals surface area contributed by atoms with Crippen LogP contribution < -0.4 is 10.5 Å². The Morgan fingerprint density at radius 2 is 2.03 bits per heavy atom. The van der Waals surface area contributed by atoms with Gasteiger partial charge in [0.15, 0.2) is 0 Å². The first-order valence-electron chi connectivity index (χ1n) is 10.9. The Kier molecular flexibility index (Phi) is 8.55. The SMILES string of the molecule is [B]C([B])Oc1cc(/C(C=Nc2ccccc2)=C/N)ccc1CN1CCC=C([C@](C)(O)CO)C1. The van der Waals surface area contributed by atoms with Gasteiger partial charge in [0.05, 0.1) is 12.3 Å². The van der Waals surface area contributed by atoms with E-state index in [0.29, 0.717) is 18.8 Å². The van der Waals surface area contributed by atoms with Crippen molar-refractivity contribution in [3.8, 4) is 5.75 Å². The number of hydrogen-bond donors (Lipinski definition) is 3. The van der Waals surface area contributed by atoms with Crippen molar-refractivity contribution in [3.05, 3.63) is 77.5 Å². The lowest BCUT2D eigenvalue weighted by molar-refractivity contribution is 0.0247. The van der Waals surface area contributed by atoms with Crippen LogP contribution >= 0.6 is 0 Å². The van der Waals surface area contributed by atoms with Crippen LogP contribution in [0.5, 0.6) is 5.75 Å². The molecule has 0 saturated carbocycles. The highest BCUT2D eigenvalue weighted by Crippen LogP contribution is 2.29. The van der Waals surface area contributed by atoms with Crippen LogP contribution in [0, 0.1) is 0 Å². The van der Waals surface area contributed by atoms with E-state index in [4.69, 9.17) is 26.2 Å². The highest BCUT2D eigenvalue weighted by atomic mass is 16.5. The molecule has 8 heteroatoms. The number of aliphatic imine (C=N–C) groups is 1. The average Bonchev–Trinajstić information content (AvgIpc) is 2.81. The van der Waals surface area contributed by atoms with E-state index < -0.39 is 11.5 Å². The summed E-state index contributed by atoms with van der Waals surface area (Å²) in [4.78, 5) is 6.66.